The second-order valence-electron chi connectivity index (χ2n) is 13.3. The topological polar surface area (TPSA) is 62.7 Å². The van der Waals surface area contributed by atoms with Crippen molar-refractivity contribution in [3.05, 3.63) is 143 Å². The first-order chi connectivity index (χ1) is 24.2. The van der Waals surface area contributed by atoms with Gasteiger partial charge in [-0.1, -0.05) is 52.2 Å². The van der Waals surface area contributed by atoms with E-state index in [1.807, 2.05) is 44.3 Å². The molecule has 0 saturated heterocycles. The van der Waals surface area contributed by atoms with Crippen LogP contribution in [0.15, 0.2) is 97.2 Å². The molecule has 252 valence electrons. The van der Waals surface area contributed by atoms with Crippen LogP contribution in [-0.2, 0) is 21.1 Å². The Morgan fingerprint density at radius 3 is 2.04 bits per heavy atom. The Hall–Kier alpha value is -5.52. The van der Waals surface area contributed by atoms with Gasteiger partial charge in [-0.2, -0.15) is 12.1 Å². The van der Waals surface area contributed by atoms with E-state index >= 15 is 0 Å². The Morgan fingerprint density at radius 1 is 0.627 bits per heavy atom. The molecule has 4 aromatic heterocycles. The maximum Gasteiger partial charge on any atom is 2.00 e. The van der Waals surface area contributed by atoms with Gasteiger partial charge in [0.25, 0.3) is 0 Å². The zero-order chi connectivity index (χ0) is 34.3. The molecule has 0 unspecified atom stereocenters. The van der Waals surface area contributed by atoms with Crippen LogP contribution in [0, 0.1) is 53.7 Å². The molecule has 4 heterocycles. The molecule has 9 aromatic rings. The van der Waals surface area contributed by atoms with Gasteiger partial charge in [-0.05, 0) is 88.0 Å². The Balaban J connectivity index is 0.00000374. The van der Waals surface area contributed by atoms with Crippen molar-refractivity contribution in [2.75, 3.05) is 0 Å². The van der Waals surface area contributed by atoms with Crippen molar-refractivity contribution in [3.8, 4) is 28.7 Å². The van der Waals surface area contributed by atoms with Crippen molar-refractivity contribution in [3.63, 3.8) is 0 Å². The molecule has 0 fully saturated rings. The van der Waals surface area contributed by atoms with Crippen LogP contribution in [0.3, 0.4) is 0 Å². The molecule has 8 heteroatoms. The number of aromatic nitrogens is 6. The van der Waals surface area contributed by atoms with Crippen molar-refractivity contribution in [1.29, 1.82) is 0 Å². The van der Waals surface area contributed by atoms with Crippen LogP contribution in [-0.4, -0.2) is 29.1 Å². The van der Waals surface area contributed by atoms with Gasteiger partial charge in [0, 0.05) is 40.1 Å². The standard InChI is InChI=1S/C43H34N6O.Pt/c1-25-18-27(3)42-37(20-25)38-21-26(2)19-28(4)43(38)47(42)31-16-17-44-41(23-31)48-39-13-8-7-12-35(39)36-15-14-34(24-40(36)48)50-33-11-9-10-32(22-33)49-30(6)29(5)45-46-49;/h7-21,23H,1-6H3;/q-2;+2. The molecule has 9 rings (SSSR count). The molecule has 0 radical (unpaired) electrons. The molecule has 0 N–H and O–H groups in total. The number of hydrogen-bond donors (Lipinski definition) is 0. The van der Waals surface area contributed by atoms with Crippen LogP contribution >= 0.6 is 0 Å². The fourth-order valence-electron chi connectivity index (χ4n) is 7.51. The van der Waals surface area contributed by atoms with E-state index in [1.54, 1.807) is 4.68 Å². The van der Waals surface area contributed by atoms with Gasteiger partial charge in [0.15, 0.2) is 0 Å². The second-order valence-corrected chi connectivity index (χ2v) is 13.3. The van der Waals surface area contributed by atoms with E-state index in [4.69, 9.17) is 9.72 Å². The summed E-state index contributed by atoms with van der Waals surface area (Å²) in [5.41, 5.74) is 13.0. The maximum atomic E-state index is 6.40. The Bertz CT molecular complexity index is 2760. The third-order valence-corrected chi connectivity index (χ3v) is 9.73. The number of pyridine rings is 1. The summed E-state index contributed by atoms with van der Waals surface area (Å²) in [4.78, 5) is 4.96. The predicted molar refractivity (Wildman–Crippen MR) is 200 cm³/mol. The van der Waals surface area contributed by atoms with E-state index in [-0.39, 0.29) is 21.1 Å². The van der Waals surface area contributed by atoms with Gasteiger partial charge in [0.2, 0.25) is 0 Å². The van der Waals surface area contributed by atoms with Gasteiger partial charge in [-0.3, -0.25) is 0 Å². The van der Waals surface area contributed by atoms with Crippen LogP contribution in [0.25, 0.3) is 60.8 Å². The molecule has 0 spiro atoms. The average molecular weight is 846 g/mol. The Kier molecular flexibility index (Phi) is 7.92. The Morgan fingerprint density at radius 2 is 1.33 bits per heavy atom. The van der Waals surface area contributed by atoms with E-state index in [0.29, 0.717) is 11.5 Å². The first-order valence-corrected chi connectivity index (χ1v) is 16.8. The van der Waals surface area contributed by atoms with Crippen molar-refractivity contribution < 1.29 is 25.8 Å². The molecule has 7 nitrogen and oxygen atoms in total. The minimum Gasteiger partial charge on any atom is -0.509 e. The summed E-state index contributed by atoms with van der Waals surface area (Å²) in [6.07, 6.45) is 1.91. The monoisotopic (exact) mass is 845 g/mol. The van der Waals surface area contributed by atoms with Crippen molar-refractivity contribution in [2.45, 2.75) is 41.5 Å². The number of para-hydroxylation sites is 1. The van der Waals surface area contributed by atoms with Crippen molar-refractivity contribution in [2.24, 2.45) is 0 Å². The molecule has 0 aliphatic rings. The number of ether oxygens (including phenoxy) is 1. The number of aryl methyl sites for hydroxylation is 5. The smallest absolute Gasteiger partial charge is 0.509 e. The van der Waals surface area contributed by atoms with E-state index in [9.17, 15) is 0 Å². The van der Waals surface area contributed by atoms with Crippen LogP contribution in [0.5, 0.6) is 11.5 Å². The number of benzene rings is 5. The molecule has 0 aliphatic heterocycles. The molecule has 0 aliphatic carbocycles. The first-order valence-electron chi connectivity index (χ1n) is 16.8. The molecule has 0 saturated carbocycles. The normalized spacial score (nSPS) is 11.6. The minimum atomic E-state index is 0. The molecule has 0 bridgehead atoms. The first kappa shape index (κ1) is 32.7. The number of fused-ring (bicyclic) bond motifs is 6. The minimum absolute atomic E-state index is 0. The zero-order valence-electron chi connectivity index (χ0n) is 29.1. The fourth-order valence-corrected chi connectivity index (χ4v) is 7.51. The number of nitrogens with zero attached hydrogens (tertiary/aromatic N) is 6. The van der Waals surface area contributed by atoms with Crippen molar-refractivity contribution >= 4 is 43.6 Å². The number of hydrogen-bond acceptors (Lipinski definition) is 4. The summed E-state index contributed by atoms with van der Waals surface area (Å²) in [7, 11) is 0. The van der Waals surface area contributed by atoms with Crippen molar-refractivity contribution in [1.82, 2.24) is 29.1 Å². The van der Waals surface area contributed by atoms with E-state index < -0.39 is 0 Å². The molecular formula is C43H34N6OPt. The summed E-state index contributed by atoms with van der Waals surface area (Å²) < 4.78 is 12.8. The molecule has 0 amide bonds. The number of rotatable bonds is 5. The van der Waals surface area contributed by atoms with Gasteiger partial charge in [0.05, 0.1) is 28.1 Å². The van der Waals surface area contributed by atoms with E-state index in [2.05, 4.69) is 126 Å². The summed E-state index contributed by atoms with van der Waals surface area (Å²) in [6, 6.07) is 38.6. The molecular weight excluding hydrogens is 812 g/mol. The van der Waals surface area contributed by atoms with Crippen LogP contribution in [0.1, 0.15) is 33.6 Å². The molecule has 51 heavy (non-hydrogen) atoms. The average Bonchev–Trinajstić information content (AvgIpc) is 3.73. The molecule has 5 aromatic carbocycles. The summed E-state index contributed by atoms with van der Waals surface area (Å²) in [5, 5.41) is 13.2. The summed E-state index contributed by atoms with van der Waals surface area (Å²) in [6.45, 7) is 12.7. The van der Waals surface area contributed by atoms with Crippen LogP contribution < -0.4 is 4.74 Å². The predicted octanol–water partition coefficient (Wildman–Crippen LogP) is 10.1. The van der Waals surface area contributed by atoms with Gasteiger partial charge in [-0.25, -0.2) is 9.67 Å². The van der Waals surface area contributed by atoms with Gasteiger partial charge in [-0.15, -0.1) is 40.8 Å². The van der Waals surface area contributed by atoms with E-state index in [1.165, 1.54) is 44.1 Å². The van der Waals surface area contributed by atoms with Crippen LogP contribution in [0.2, 0.25) is 0 Å². The van der Waals surface area contributed by atoms with Gasteiger partial charge in [0.1, 0.15) is 5.82 Å². The van der Waals surface area contributed by atoms with Gasteiger partial charge >= 0.3 is 21.1 Å². The Labute approximate surface area is 310 Å². The quantitative estimate of drug-likeness (QED) is 0.162. The van der Waals surface area contributed by atoms with Gasteiger partial charge < -0.3 is 13.9 Å². The van der Waals surface area contributed by atoms with E-state index in [0.717, 1.165) is 50.4 Å². The largest absolute Gasteiger partial charge is 2.00 e. The summed E-state index contributed by atoms with van der Waals surface area (Å²) >= 11 is 0. The maximum absolute atomic E-state index is 6.40. The SMILES string of the molecule is Cc1cc(C)c2c(c1)c1cc(C)cc(C)c1n2-c1ccnc(-n2c3[c-]c(Oc4[c-]c(-n5nnc(C)c5C)ccc4)ccc3c3ccccc32)c1.[Pt+2]. The van der Waals surface area contributed by atoms with Crippen LogP contribution in [0.4, 0.5) is 0 Å². The fraction of sp³-hybridized carbons (Fsp3) is 0.140. The summed E-state index contributed by atoms with van der Waals surface area (Å²) in [5.74, 6) is 1.95. The zero-order valence-corrected chi connectivity index (χ0v) is 31.4. The third-order valence-electron chi connectivity index (χ3n) is 9.73. The second kappa shape index (κ2) is 12.4. The molecule has 0 atom stereocenters. The third kappa shape index (κ3) is 5.26.